The van der Waals surface area contributed by atoms with Gasteiger partial charge in [-0.3, -0.25) is 5.41 Å². The SMILES string of the molecule is N=C(N)c1ccc(Cl)cc1OCc1ccc(F)cc1Br. The molecule has 0 saturated heterocycles. The highest BCUT2D eigenvalue weighted by Crippen LogP contribution is 2.25. The minimum Gasteiger partial charge on any atom is -0.488 e. The Kier molecular flexibility index (Phi) is 4.62. The van der Waals surface area contributed by atoms with Gasteiger partial charge in [-0.2, -0.15) is 0 Å². The second kappa shape index (κ2) is 6.24. The van der Waals surface area contributed by atoms with Gasteiger partial charge in [0, 0.05) is 15.1 Å². The fraction of sp³-hybridized carbons (Fsp3) is 0.0714. The largest absolute Gasteiger partial charge is 0.488 e. The number of nitrogens with one attached hydrogen (secondary N) is 1. The predicted octanol–water partition coefficient (Wildman–Crippen LogP) is 4.10. The molecule has 0 amide bonds. The van der Waals surface area contributed by atoms with Gasteiger partial charge < -0.3 is 10.5 Å². The molecule has 0 fully saturated rings. The average molecular weight is 358 g/mol. The number of hydrogen-bond donors (Lipinski definition) is 2. The van der Waals surface area contributed by atoms with E-state index in [1.165, 1.54) is 12.1 Å². The Morgan fingerprint density at radius 2 is 2.05 bits per heavy atom. The third kappa shape index (κ3) is 3.49. The van der Waals surface area contributed by atoms with Gasteiger partial charge in [-0.05, 0) is 30.3 Å². The summed E-state index contributed by atoms with van der Waals surface area (Å²) in [5.41, 5.74) is 6.73. The van der Waals surface area contributed by atoms with Crippen LogP contribution in [0.25, 0.3) is 0 Å². The molecule has 0 unspecified atom stereocenters. The zero-order valence-corrected chi connectivity index (χ0v) is 12.6. The van der Waals surface area contributed by atoms with Crippen molar-refractivity contribution in [3.05, 3.63) is 62.8 Å². The summed E-state index contributed by atoms with van der Waals surface area (Å²) in [5.74, 6) is -0.0103. The lowest BCUT2D eigenvalue weighted by atomic mass is 10.2. The molecule has 3 N–H and O–H groups in total. The zero-order valence-electron chi connectivity index (χ0n) is 10.3. The van der Waals surface area contributed by atoms with Crippen molar-refractivity contribution in [2.75, 3.05) is 0 Å². The predicted molar refractivity (Wildman–Crippen MR) is 80.9 cm³/mol. The number of amidine groups is 1. The van der Waals surface area contributed by atoms with Gasteiger partial charge >= 0.3 is 0 Å². The Morgan fingerprint density at radius 1 is 1.30 bits per heavy atom. The van der Waals surface area contributed by atoms with Crippen molar-refractivity contribution in [1.82, 2.24) is 0 Å². The van der Waals surface area contributed by atoms with Crippen LogP contribution in [0.15, 0.2) is 40.9 Å². The molecule has 3 nitrogen and oxygen atoms in total. The van der Waals surface area contributed by atoms with E-state index in [0.29, 0.717) is 20.8 Å². The van der Waals surface area contributed by atoms with E-state index in [1.54, 1.807) is 24.3 Å². The van der Waals surface area contributed by atoms with Gasteiger partial charge in [0.15, 0.2) is 0 Å². The molecule has 2 aromatic carbocycles. The van der Waals surface area contributed by atoms with E-state index in [9.17, 15) is 4.39 Å². The van der Waals surface area contributed by atoms with E-state index in [1.807, 2.05) is 0 Å². The van der Waals surface area contributed by atoms with Crippen molar-refractivity contribution in [3.8, 4) is 5.75 Å². The molecule has 0 aliphatic heterocycles. The molecule has 0 bridgehead atoms. The Hall–Kier alpha value is -1.59. The number of ether oxygens (including phenoxy) is 1. The van der Waals surface area contributed by atoms with Crippen LogP contribution in [0.2, 0.25) is 5.02 Å². The molecule has 0 aliphatic carbocycles. The van der Waals surface area contributed by atoms with Gasteiger partial charge in [-0.25, -0.2) is 4.39 Å². The molecule has 2 rings (SSSR count). The van der Waals surface area contributed by atoms with Crippen LogP contribution in [-0.4, -0.2) is 5.84 Å². The zero-order chi connectivity index (χ0) is 14.7. The van der Waals surface area contributed by atoms with E-state index in [4.69, 9.17) is 27.5 Å². The molecule has 0 aromatic heterocycles. The molecule has 104 valence electrons. The lowest BCUT2D eigenvalue weighted by Crippen LogP contribution is -2.13. The molecule has 20 heavy (non-hydrogen) atoms. The average Bonchev–Trinajstić information content (AvgIpc) is 2.37. The second-order valence-electron chi connectivity index (χ2n) is 4.08. The third-order valence-electron chi connectivity index (χ3n) is 2.63. The van der Waals surface area contributed by atoms with Gasteiger partial charge in [0.1, 0.15) is 24.0 Å². The Labute approximate surface area is 129 Å². The van der Waals surface area contributed by atoms with Crippen LogP contribution in [-0.2, 0) is 6.61 Å². The lowest BCUT2D eigenvalue weighted by molar-refractivity contribution is 0.304. The maximum absolute atomic E-state index is 13.0. The van der Waals surface area contributed by atoms with Crippen LogP contribution in [0.3, 0.4) is 0 Å². The highest BCUT2D eigenvalue weighted by atomic mass is 79.9. The van der Waals surface area contributed by atoms with E-state index in [0.717, 1.165) is 5.56 Å². The Balaban J connectivity index is 2.22. The fourth-order valence-electron chi connectivity index (χ4n) is 1.63. The van der Waals surface area contributed by atoms with Crippen LogP contribution < -0.4 is 10.5 Å². The highest BCUT2D eigenvalue weighted by molar-refractivity contribution is 9.10. The summed E-state index contributed by atoms with van der Waals surface area (Å²) in [7, 11) is 0. The minimum atomic E-state index is -0.326. The summed E-state index contributed by atoms with van der Waals surface area (Å²) in [6, 6.07) is 9.20. The smallest absolute Gasteiger partial charge is 0.132 e. The van der Waals surface area contributed by atoms with Crippen molar-refractivity contribution >= 4 is 33.4 Å². The summed E-state index contributed by atoms with van der Waals surface area (Å²) >= 11 is 9.17. The molecule has 0 heterocycles. The minimum absolute atomic E-state index is 0.102. The molecular formula is C14H11BrClFN2O. The van der Waals surface area contributed by atoms with Crippen LogP contribution >= 0.6 is 27.5 Å². The van der Waals surface area contributed by atoms with Gasteiger partial charge in [0.25, 0.3) is 0 Å². The summed E-state index contributed by atoms with van der Waals surface area (Å²) < 4.78 is 19.2. The monoisotopic (exact) mass is 356 g/mol. The van der Waals surface area contributed by atoms with Crippen molar-refractivity contribution < 1.29 is 9.13 Å². The molecule has 0 radical (unpaired) electrons. The third-order valence-corrected chi connectivity index (χ3v) is 3.61. The highest BCUT2D eigenvalue weighted by Gasteiger charge is 2.09. The summed E-state index contributed by atoms with van der Waals surface area (Å²) in [5, 5.41) is 7.99. The molecule has 0 saturated carbocycles. The van der Waals surface area contributed by atoms with Crippen LogP contribution in [0, 0.1) is 11.2 Å². The van der Waals surface area contributed by atoms with E-state index in [-0.39, 0.29) is 18.3 Å². The topological polar surface area (TPSA) is 59.1 Å². The molecule has 0 aliphatic rings. The first kappa shape index (κ1) is 14.8. The second-order valence-corrected chi connectivity index (χ2v) is 5.37. The first-order valence-corrected chi connectivity index (χ1v) is 6.85. The van der Waals surface area contributed by atoms with Crippen LogP contribution in [0.4, 0.5) is 4.39 Å². The van der Waals surface area contributed by atoms with E-state index in [2.05, 4.69) is 15.9 Å². The fourth-order valence-corrected chi connectivity index (χ4v) is 2.26. The van der Waals surface area contributed by atoms with Crippen LogP contribution in [0.1, 0.15) is 11.1 Å². The van der Waals surface area contributed by atoms with Gasteiger partial charge in [0.05, 0.1) is 5.56 Å². The molecule has 2 aromatic rings. The van der Waals surface area contributed by atoms with Crippen molar-refractivity contribution in [1.29, 1.82) is 5.41 Å². The quantitative estimate of drug-likeness (QED) is 0.639. The molecule has 6 heteroatoms. The normalized spacial score (nSPS) is 10.3. The summed E-state index contributed by atoms with van der Waals surface area (Å²) in [6.45, 7) is 0.210. The molecule has 0 spiro atoms. The summed E-state index contributed by atoms with van der Waals surface area (Å²) in [6.07, 6.45) is 0. The van der Waals surface area contributed by atoms with Gasteiger partial charge in [0.2, 0.25) is 0 Å². The standard InChI is InChI=1S/C14H11BrClFN2O/c15-12-6-10(17)3-1-8(12)7-20-13-5-9(16)2-4-11(13)14(18)19/h1-6H,7H2,(H3,18,19). The van der Waals surface area contributed by atoms with Crippen molar-refractivity contribution in [2.24, 2.45) is 5.73 Å². The number of nitrogen functional groups attached to an aromatic ring is 1. The first-order valence-electron chi connectivity index (χ1n) is 5.68. The first-order chi connectivity index (χ1) is 9.47. The molecular weight excluding hydrogens is 347 g/mol. The van der Waals surface area contributed by atoms with Crippen molar-refractivity contribution in [2.45, 2.75) is 6.61 Å². The van der Waals surface area contributed by atoms with Gasteiger partial charge in [-0.1, -0.05) is 33.6 Å². The Bertz CT molecular complexity index is 664. The Morgan fingerprint density at radius 3 is 2.70 bits per heavy atom. The lowest BCUT2D eigenvalue weighted by Gasteiger charge is -2.12. The molecule has 0 atom stereocenters. The maximum Gasteiger partial charge on any atom is 0.132 e. The summed E-state index contributed by atoms with van der Waals surface area (Å²) in [4.78, 5) is 0. The van der Waals surface area contributed by atoms with Crippen LogP contribution in [0.5, 0.6) is 5.75 Å². The number of hydrogen-bond acceptors (Lipinski definition) is 2. The number of halogens is 3. The number of benzene rings is 2. The van der Waals surface area contributed by atoms with Crippen molar-refractivity contribution in [3.63, 3.8) is 0 Å². The number of nitrogens with two attached hydrogens (primary N) is 1. The number of rotatable bonds is 4. The van der Waals surface area contributed by atoms with E-state index < -0.39 is 0 Å². The van der Waals surface area contributed by atoms with Gasteiger partial charge in [-0.15, -0.1) is 0 Å². The van der Waals surface area contributed by atoms with E-state index >= 15 is 0 Å². The maximum atomic E-state index is 13.0.